The van der Waals surface area contributed by atoms with Crippen LogP contribution in [-0.4, -0.2) is 59.3 Å². The van der Waals surface area contributed by atoms with Crippen LogP contribution in [0.25, 0.3) is 11.3 Å². The molecule has 7 heteroatoms. The zero-order valence-corrected chi connectivity index (χ0v) is 17.7. The Morgan fingerprint density at radius 1 is 1.20 bits per heavy atom. The van der Waals surface area contributed by atoms with Crippen molar-refractivity contribution in [1.82, 2.24) is 9.88 Å². The molecule has 3 atom stereocenters. The van der Waals surface area contributed by atoms with E-state index in [0.717, 1.165) is 30.3 Å². The van der Waals surface area contributed by atoms with Crippen LogP contribution in [-0.2, 0) is 6.42 Å². The van der Waals surface area contributed by atoms with Crippen LogP contribution in [0.1, 0.15) is 35.7 Å². The molecule has 0 unspecified atom stereocenters. The minimum Gasteiger partial charge on any atom is -0.506 e. The van der Waals surface area contributed by atoms with Crippen LogP contribution >= 0.6 is 0 Å². The van der Waals surface area contributed by atoms with Crippen molar-refractivity contribution in [2.75, 3.05) is 32.1 Å². The second-order valence-electron chi connectivity index (χ2n) is 8.67. The summed E-state index contributed by atoms with van der Waals surface area (Å²) in [5.41, 5.74) is 1.42. The van der Waals surface area contributed by atoms with Gasteiger partial charge in [0.2, 0.25) is 0 Å². The number of carboxylic acid groups (broad SMARTS) is 1. The van der Waals surface area contributed by atoms with Crippen LogP contribution in [0.2, 0.25) is 0 Å². The zero-order valence-electron chi connectivity index (χ0n) is 17.7. The quantitative estimate of drug-likeness (QED) is 0.700. The number of aromatic carboxylic acids is 1. The number of aromatic amines is 1. The molecule has 4 rings (SSSR count). The highest BCUT2D eigenvalue weighted by atomic mass is 16.4. The van der Waals surface area contributed by atoms with Gasteiger partial charge in [0.1, 0.15) is 5.75 Å². The molecule has 0 radical (unpaired) electrons. The van der Waals surface area contributed by atoms with Gasteiger partial charge in [-0.1, -0.05) is 19.1 Å². The summed E-state index contributed by atoms with van der Waals surface area (Å²) in [7, 11) is 4.34. The van der Waals surface area contributed by atoms with Crippen molar-refractivity contribution in [3.63, 3.8) is 0 Å². The Labute approximate surface area is 176 Å². The van der Waals surface area contributed by atoms with E-state index in [9.17, 15) is 19.8 Å². The van der Waals surface area contributed by atoms with E-state index >= 15 is 0 Å². The minimum atomic E-state index is -1.43. The Kier molecular flexibility index (Phi) is 5.32. The maximum atomic E-state index is 12.2. The SMILES string of the molecule is CCc1c(-c2ccc(N3C[C@H]4CC[C@@H](N(C)C)[C@H]4C3)cc2)[nH]c(=O)c(C(=O)O)c1O. The topological polar surface area (TPSA) is 96.9 Å². The summed E-state index contributed by atoms with van der Waals surface area (Å²) in [4.78, 5) is 31.0. The van der Waals surface area contributed by atoms with Crippen molar-refractivity contribution in [2.45, 2.75) is 32.2 Å². The van der Waals surface area contributed by atoms with E-state index in [0.29, 0.717) is 29.6 Å². The van der Waals surface area contributed by atoms with Crippen molar-refractivity contribution in [3.05, 3.63) is 45.7 Å². The van der Waals surface area contributed by atoms with Gasteiger partial charge in [-0.25, -0.2) is 4.79 Å². The van der Waals surface area contributed by atoms with Crippen LogP contribution in [0.3, 0.4) is 0 Å². The first-order chi connectivity index (χ1) is 14.3. The fraction of sp³-hybridized carbons (Fsp3) is 0.478. The van der Waals surface area contributed by atoms with E-state index in [2.05, 4.69) is 28.9 Å². The Morgan fingerprint density at radius 3 is 2.50 bits per heavy atom. The van der Waals surface area contributed by atoms with E-state index < -0.39 is 22.8 Å². The molecule has 3 N–H and O–H groups in total. The number of aromatic hydroxyl groups is 1. The molecule has 1 aliphatic heterocycles. The van der Waals surface area contributed by atoms with Gasteiger partial charge in [0, 0.05) is 30.4 Å². The van der Waals surface area contributed by atoms with E-state index in [-0.39, 0.29) is 0 Å². The molecule has 1 aromatic heterocycles. The molecule has 7 nitrogen and oxygen atoms in total. The maximum Gasteiger partial charge on any atom is 0.345 e. The molecule has 1 aliphatic carbocycles. The van der Waals surface area contributed by atoms with E-state index in [1.165, 1.54) is 12.8 Å². The second kappa shape index (κ2) is 7.80. The predicted molar refractivity (Wildman–Crippen MR) is 116 cm³/mol. The van der Waals surface area contributed by atoms with Crippen LogP contribution in [0.15, 0.2) is 29.1 Å². The van der Waals surface area contributed by atoms with Gasteiger partial charge in [-0.2, -0.15) is 0 Å². The highest BCUT2D eigenvalue weighted by molar-refractivity contribution is 5.92. The number of benzene rings is 1. The maximum absolute atomic E-state index is 12.2. The fourth-order valence-electron chi connectivity index (χ4n) is 5.34. The number of nitrogens with zero attached hydrogens (tertiary/aromatic N) is 2. The molecule has 30 heavy (non-hydrogen) atoms. The number of carboxylic acids is 1. The number of hydrogen-bond donors (Lipinski definition) is 3. The molecular formula is C23H29N3O4. The number of anilines is 1. The van der Waals surface area contributed by atoms with Crippen molar-refractivity contribution < 1.29 is 15.0 Å². The molecule has 160 valence electrons. The van der Waals surface area contributed by atoms with Crippen LogP contribution in [0.4, 0.5) is 5.69 Å². The summed E-state index contributed by atoms with van der Waals surface area (Å²) in [6, 6.07) is 8.59. The number of fused-ring (bicyclic) bond motifs is 1. The second-order valence-corrected chi connectivity index (χ2v) is 8.67. The average Bonchev–Trinajstić information content (AvgIpc) is 3.28. The molecule has 0 bridgehead atoms. The third-order valence-electron chi connectivity index (χ3n) is 6.86. The molecule has 2 heterocycles. The largest absolute Gasteiger partial charge is 0.506 e. The number of nitrogens with one attached hydrogen (secondary N) is 1. The lowest BCUT2D eigenvalue weighted by atomic mass is 9.97. The summed E-state index contributed by atoms with van der Waals surface area (Å²) < 4.78 is 0. The van der Waals surface area contributed by atoms with Gasteiger partial charge in [0.15, 0.2) is 5.56 Å². The number of rotatable bonds is 5. The molecule has 2 aromatic rings. The smallest absolute Gasteiger partial charge is 0.345 e. The highest BCUT2D eigenvalue weighted by Crippen LogP contribution is 2.41. The Balaban J connectivity index is 1.61. The molecule has 1 aromatic carbocycles. The van der Waals surface area contributed by atoms with Gasteiger partial charge in [-0.15, -0.1) is 0 Å². The standard InChI is InChI=1S/C23H29N3O4/c1-4-16-20(24-22(28)19(21(16)27)23(29)30)13-5-8-15(9-6-13)26-11-14-7-10-18(25(2)3)17(14)12-26/h5-6,8-9,14,17-18H,4,7,10-12H2,1-3H3,(H,29,30)(H2,24,27,28)/t14-,17+,18-/m1/s1. The number of hydrogen-bond acceptors (Lipinski definition) is 5. The highest BCUT2D eigenvalue weighted by Gasteiger charge is 2.43. The summed E-state index contributed by atoms with van der Waals surface area (Å²) in [5.74, 6) is -0.445. The minimum absolute atomic E-state index is 0.404. The molecule has 1 saturated carbocycles. The van der Waals surface area contributed by atoms with Crippen molar-refractivity contribution in [2.24, 2.45) is 11.8 Å². The van der Waals surface area contributed by atoms with E-state index in [1.54, 1.807) is 0 Å². The number of carbonyl (C=O) groups is 1. The normalized spacial score (nSPS) is 23.2. The predicted octanol–water partition coefficient (Wildman–Crippen LogP) is 2.78. The van der Waals surface area contributed by atoms with E-state index in [4.69, 9.17) is 0 Å². The number of H-pyrrole nitrogens is 1. The van der Waals surface area contributed by atoms with Crippen LogP contribution < -0.4 is 10.5 Å². The fourth-order valence-corrected chi connectivity index (χ4v) is 5.34. The molecule has 2 aliphatic rings. The summed E-state index contributed by atoms with van der Waals surface area (Å²) in [5, 5.41) is 19.6. The first-order valence-corrected chi connectivity index (χ1v) is 10.5. The first kappa shape index (κ1) is 20.5. The lowest BCUT2D eigenvalue weighted by Crippen LogP contribution is -2.34. The van der Waals surface area contributed by atoms with Gasteiger partial charge in [-0.3, -0.25) is 4.79 Å². The first-order valence-electron chi connectivity index (χ1n) is 10.5. The summed E-state index contributed by atoms with van der Waals surface area (Å²) >= 11 is 0. The van der Waals surface area contributed by atoms with Gasteiger partial charge < -0.3 is 25.0 Å². The van der Waals surface area contributed by atoms with Crippen molar-refractivity contribution in [3.8, 4) is 17.0 Å². The van der Waals surface area contributed by atoms with Gasteiger partial charge in [0.25, 0.3) is 5.56 Å². The Hall–Kier alpha value is -2.80. The number of pyridine rings is 1. The van der Waals surface area contributed by atoms with Crippen molar-refractivity contribution in [1.29, 1.82) is 0 Å². The summed E-state index contributed by atoms with van der Waals surface area (Å²) in [6.45, 7) is 3.94. The Bertz CT molecular complexity index is 1010. The van der Waals surface area contributed by atoms with Gasteiger partial charge in [0.05, 0.1) is 5.69 Å². The third kappa shape index (κ3) is 3.37. The lowest BCUT2D eigenvalue weighted by molar-refractivity contribution is 0.0691. The van der Waals surface area contributed by atoms with Gasteiger partial charge in [-0.05, 0) is 62.9 Å². The van der Waals surface area contributed by atoms with Crippen LogP contribution in [0, 0.1) is 11.8 Å². The van der Waals surface area contributed by atoms with Crippen molar-refractivity contribution >= 4 is 11.7 Å². The summed E-state index contributed by atoms with van der Waals surface area (Å²) in [6.07, 6.45) is 2.96. The number of aromatic nitrogens is 1. The monoisotopic (exact) mass is 411 g/mol. The molecule has 2 fully saturated rings. The molecule has 0 amide bonds. The Morgan fingerprint density at radius 2 is 1.90 bits per heavy atom. The third-order valence-corrected chi connectivity index (χ3v) is 6.86. The molecule has 0 spiro atoms. The van der Waals surface area contributed by atoms with Gasteiger partial charge >= 0.3 is 5.97 Å². The molecule has 1 saturated heterocycles. The van der Waals surface area contributed by atoms with E-state index in [1.807, 2.05) is 31.2 Å². The zero-order chi connectivity index (χ0) is 21.6. The van der Waals surface area contributed by atoms with Crippen LogP contribution in [0.5, 0.6) is 5.75 Å². The lowest BCUT2D eigenvalue weighted by Gasteiger charge is -2.27. The molecular weight excluding hydrogens is 382 g/mol. The average molecular weight is 412 g/mol.